The minimum Gasteiger partial charge on any atom is -0.373 e. The molecule has 1 unspecified atom stereocenters. The zero-order valence-corrected chi connectivity index (χ0v) is 13.0. The summed E-state index contributed by atoms with van der Waals surface area (Å²) < 4.78 is 5.81. The minimum atomic E-state index is 0.374. The zero-order valence-electron chi connectivity index (χ0n) is 13.0. The van der Waals surface area contributed by atoms with Crippen LogP contribution in [0.25, 0.3) is 0 Å². The average molecular weight is 256 g/mol. The Kier molecular flexibility index (Phi) is 6.61. The lowest BCUT2D eigenvalue weighted by molar-refractivity contribution is -0.0768. The Balaban J connectivity index is 2.45. The Morgan fingerprint density at radius 3 is 2.33 bits per heavy atom. The Bertz CT molecular complexity index is 225. The van der Waals surface area contributed by atoms with E-state index in [9.17, 15) is 0 Å². The van der Waals surface area contributed by atoms with Gasteiger partial charge in [-0.25, -0.2) is 0 Å². The highest BCUT2D eigenvalue weighted by molar-refractivity contribution is 4.83. The largest absolute Gasteiger partial charge is 0.373 e. The second kappa shape index (κ2) is 7.46. The molecule has 1 aliphatic heterocycles. The maximum Gasteiger partial charge on any atom is 0.0678 e. The van der Waals surface area contributed by atoms with Crippen LogP contribution >= 0.6 is 0 Å². The van der Waals surface area contributed by atoms with Crippen molar-refractivity contribution in [2.75, 3.05) is 32.7 Å². The molecule has 3 heteroatoms. The van der Waals surface area contributed by atoms with E-state index in [0.29, 0.717) is 17.6 Å². The molecule has 1 fully saturated rings. The molecule has 0 aromatic heterocycles. The first-order valence-electron chi connectivity index (χ1n) is 7.57. The number of nitrogens with zero attached hydrogens (tertiary/aromatic N) is 1. The van der Waals surface area contributed by atoms with E-state index in [2.05, 4.69) is 44.8 Å². The fourth-order valence-electron chi connectivity index (χ4n) is 2.81. The predicted octanol–water partition coefficient (Wildman–Crippen LogP) is 2.51. The van der Waals surface area contributed by atoms with Gasteiger partial charge in [-0.3, -0.25) is 4.90 Å². The normalized spacial score (nSPS) is 29.2. The van der Waals surface area contributed by atoms with Crippen LogP contribution in [0.1, 0.15) is 47.5 Å². The molecule has 0 amide bonds. The van der Waals surface area contributed by atoms with Crippen molar-refractivity contribution in [3.05, 3.63) is 0 Å². The van der Waals surface area contributed by atoms with Crippen LogP contribution in [-0.4, -0.2) is 49.8 Å². The monoisotopic (exact) mass is 256 g/mol. The van der Waals surface area contributed by atoms with Crippen LogP contribution in [-0.2, 0) is 4.74 Å². The van der Waals surface area contributed by atoms with E-state index in [0.717, 1.165) is 26.2 Å². The predicted molar refractivity (Wildman–Crippen MR) is 78.0 cm³/mol. The average Bonchev–Trinajstić information content (AvgIpc) is 2.28. The van der Waals surface area contributed by atoms with Gasteiger partial charge in [-0.15, -0.1) is 0 Å². The second-order valence-corrected chi connectivity index (χ2v) is 6.29. The van der Waals surface area contributed by atoms with Gasteiger partial charge in [-0.05, 0) is 38.6 Å². The third kappa shape index (κ3) is 5.25. The summed E-state index contributed by atoms with van der Waals surface area (Å²) in [5, 5.41) is 3.58. The van der Waals surface area contributed by atoms with E-state index in [-0.39, 0.29) is 0 Å². The summed E-state index contributed by atoms with van der Waals surface area (Å²) in [6.45, 7) is 16.9. The van der Waals surface area contributed by atoms with Gasteiger partial charge in [0.2, 0.25) is 0 Å². The van der Waals surface area contributed by atoms with Gasteiger partial charge in [0.15, 0.2) is 0 Å². The van der Waals surface area contributed by atoms with Crippen molar-refractivity contribution in [3.63, 3.8) is 0 Å². The summed E-state index contributed by atoms with van der Waals surface area (Å²) in [6.07, 6.45) is 3.19. The summed E-state index contributed by atoms with van der Waals surface area (Å²) in [4.78, 5) is 2.58. The van der Waals surface area contributed by atoms with Crippen molar-refractivity contribution in [2.24, 2.45) is 5.41 Å². The first kappa shape index (κ1) is 15.9. The quantitative estimate of drug-likeness (QED) is 0.708. The molecule has 18 heavy (non-hydrogen) atoms. The van der Waals surface area contributed by atoms with Gasteiger partial charge in [0.25, 0.3) is 0 Å². The standard InChI is InChI=1S/C15H32N2O/c1-6-8-16-11-15(5,7-2)12-17-9-13(3)18-14(4)10-17/h13-14,16H,6-12H2,1-5H3/t13-,14+,15?. The van der Waals surface area contributed by atoms with Gasteiger partial charge < -0.3 is 10.1 Å². The molecule has 1 aliphatic rings. The number of rotatable bonds is 7. The molecule has 0 bridgehead atoms. The van der Waals surface area contributed by atoms with Crippen LogP contribution in [0.15, 0.2) is 0 Å². The molecule has 0 aliphatic carbocycles. The molecule has 0 aromatic carbocycles. The number of ether oxygens (including phenoxy) is 1. The minimum absolute atomic E-state index is 0.374. The third-order valence-corrected chi connectivity index (χ3v) is 3.93. The van der Waals surface area contributed by atoms with Gasteiger partial charge in [-0.2, -0.15) is 0 Å². The maximum atomic E-state index is 5.81. The summed E-state index contributed by atoms with van der Waals surface area (Å²) in [7, 11) is 0. The van der Waals surface area contributed by atoms with Crippen molar-refractivity contribution >= 4 is 0 Å². The molecule has 3 atom stereocenters. The molecule has 0 aromatic rings. The number of nitrogens with one attached hydrogen (secondary N) is 1. The molecule has 0 saturated carbocycles. The smallest absolute Gasteiger partial charge is 0.0678 e. The molecule has 3 nitrogen and oxygen atoms in total. The van der Waals surface area contributed by atoms with E-state index in [1.54, 1.807) is 0 Å². The van der Waals surface area contributed by atoms with Crippen LogP contribution < -0.4 is 5.32 Å². The highest BCUT2D eigenvalue weighted by atomic mass is 16.5. The fraction of sp³-hybridized carbons (Fsp3) is 1.00. The molecule has 1 rings (SSSR count). The molecular weight excluding hydrogens is 224 g/mol. The van der Waals surface area contributed by atoms with Crippen LogP contribution in [0.5, 0.6) is 0 Å². The molecule has 0 radical (unpaired) electrons. The summed E-state index contributed by atoms with van der Waals surface area (Å²) in [5.41, 5.74) is 0.381. The maximum absolute atomic E-state index is 5.81. The summed E-state index contributed by atoms with van der Waals surface area (Å²) in [6, 6.07) is 0. The lowest BCUT2D eigenvalue weighted by Crippen LogP contribution is -2.50. The van der Waals surface area contributed by atoms with Crippen LogP contribution in [0.3, 0.4) is 0 Å². The van der Waals surface area contributed by atoms with Gasteiger partial charge in [-0.1, -0.05) is 20.8 Å². The van der Waals surface area contributed by atoms with E-state index in [1.165, 1.54) is 19.4 Å². The highest BCUT2D eigenvalue weighted by Crippen LogP contribution is 2.24. The Labute approximate surface area is 113 Å². The van der Waals surface area contributed by atoms with Crippen LogP contribution in [0.4, 0.5) is 0 Å². The molecular formula is C15H32N2O. The summed E-state index contributed by atoms with van der Waals surface area (Å²) >= 11 is 0. The number of morpholine rings is 1. The second-order valence-electron chi connectivity index (χ2n) is 6.29. The van der Waals surface area contributed by atoms with Gasteiger partial charge in [0, 0.05) is 26.2 Å². The molecule has 0 spiro atoms. The first-order valence-corrected chi connectivity index (χ1v) is 7.57. The molecule has 1 heterocycles. The van der Waals surface area contributed by atoms with E-state index in [4.69, 9.17) is 4.74 Å². The molecule has 1 saturated heterocycles. The van der Waals surface area contributed by atoms with Crippen molar-refractivity contribution in [2.45, 2.75) is 59.7 Å². The highest BCUT2D eigenvalue weighted by Gasteiger charge is 2.29. The Hall–Kier alpha value is -0.120. The first-order chi connectivity index (χ1) is 8.49. The van der Waals surface area contributed by atoms with Gasteiger partial charge >= 0.3 is 0 Å². The zero-order chi connectivity index (χ0) is 13.6. The van der Waals surface area contributed by atoms with E-state index in [1.807, 2.05) is 0 Å². The van der Waals surface area contributed by atoms with Crippen molar-refractivity contribution in [1.29, 1.82) is 0 Å². The fourth-order valence-corrected chi connectivity index (χ4v) is 2.81. The SMILES string of the molecule is CCCNCC(C)(CC)CN1C[C@@H](C)O[C@@H](C)C1. The van der Waals surface area contributed by atoms with Crippen molar-refractivity contribution in [1.82, 2.24) is 10.2 Å². The van der Waals surface area contributed by atoms with Gasteiger partial charge in [0.1, 0.15) is 0 Å². The lowest BCUT2D eigenvalue weighted by Gasteiger charge is -2.41. The summed E-state index contributed by atoms with van der Waals surface area (Å²) in [5.74, 6) is 0. The Morgan fingerprint density at radius 1 is 1.22 bits per heavy atom. The van der Waals surface area contributed by atoms with Crippen LogP contribution in [0.2, 0.25) is 0 Å². The third-order valence-electron chi connectivity index (χ3n) is 3.93. The van der Waals surface area contributed by atoms with Crippen LogP contribution in [0, 0.1) is 5.41 Å². The van der Waals surface area contributed by atoms with E-state index < -0.39 is 0 Å². The van der Waals surface area contributed by atoms with Gasteiger partial charge in [0.05, 0.1) is 12.2 Å². The number of hydrogen-bond donors (Lipinski definition) is 1. The van der Waals surface area contributed by atoms with Crippen molar-refractivity contribution < 1.29 is 4.74 Å². The van der Waals surface area contributed by atoms with E-state index >= 15 is 0 Å². The molecule has 1 N–H and O–H groups in total. The topological polar surface area (TPSA) is 24.5 Å². The lowest BCUT2D eigenvalue weighted by atomic mass is 9.86. The molecule has 108 valence electrons. The van der Waals surface area contributed by atoms with Crippen molar-refractivity contribution in [3.8, 4) is 0 Å². The number of hydrogen-bond acceptors (Lipinski definition) is 3. The Morgan fingerprint density at radius 2 is 1.83 bits per heavy atom.